The van der Waals surface area contributed by atoms with E-state index in [0.29, 0.717) is 6.42 Å². The van der Waals surface area contributed by atoms with Gasteiger partial charge in [0.15, 0.2) is 0 Å². The van der Waals surface area contributed by atoms with Crippen molar-refractivity contribution in [3.8, 4) is 5.75 Å². The Balaban J connectivity index is 1.68. The Labute approximate surface area is 167 Å². The molecule has 0 aliphatic carbocycles. The van der Waals surface area contributed by atoms with Gasteiger partial charge in [-0.25, -0.2) is 14.6 Å². The first-order valence-electron chi connectivity index (χ1n) is 9.36. The zero-order valence-electron chi connectivity index (χ0n) is 16.2. The maximum Gasteiger partial charge on any atom is 0.341 e. The Morgan fingerprint density at radius 3 is 2.41 bits per heavy atom. The van der Waals surface area contributed by atoms with Crippen LogP contribution in [0.5, 0.6) is 5.75 Å². The van der Waals surface area contributed by atoms with E-state index in [1.165, 1.54) is 7.11 Å². The molecule has 0 aliphatic heterocycles. The molecule has 0 N–H and O–H groups in total. The zero-order chi connectivity index (χ0) is 20.4. The van der Waals surface area contributed by atoms with Crippen LogP contribution < -0.4 is 4.74 Å². The number of para-hydroxylation sites is 2. The van der Waals surface area contributed by atoms with E-state index in [1.54, 1.807) is 12.1 Å². The lowest BCUT2D eigenvalue weighted by molar-refractivity contribution is -0.135. The van der Waals surface area contributed by atoms with Gasteiger partial charge in [-0.3, -0.25) is 0 Å². The number of fused-ring (bicyclic) bond motifs is 2. The fourth-order valence-corrected chi connectivity index (χ4v) is 3.43. The van der Waals surface area contributed by atoms with Gasteiger partial charge >= 0.3 is 11.9 Å². The van der Waals surface area contributed by atoms with Crippen molar-refractivity contribution in [1.82, 2.24) is 9.55 Å². The van der Waals surface area contributed by atoms with Gasteiger partial charge in [0.05, 0.1) is 18.1 Å². The minimum absolute atomic E-state index is 0.00285. The molecular weight excluding hydrogens is 368 g/mol. The molecular formula is C23H20N2O4. The highest BCUT2D eigenvalue weighted by Gasteiger charge is 2.19. The number of hydrogen-bond donors (Lipinski definition) is 0. The second kappa shape index (κ2) is 7.75. The van der Waals surface area contributed by atoms with Crippen molar-refractivity contribution in [2.24, 2.45) is 0 Å². The van der Waals surface area contributed by atoms with Gasteiger partial charge in [0.25, 0.3) is 0 Å². The number of aryl methyl sites for hydroxylation is 1. The fourth-order valence-electron chi connectivity index (χ4n) is 3.43. The van der Waals surface area contributed by atoms with Crippen LogP contribution in [0.4, 0.5) is 0 Å². The molecule has 0 spiro atoms. The second-order valence-electron chi connectivity index (χ2n) is 6.62. The van der Waals surface area contributed by atoms with E-state index in [1.807, 2.05) is 60.0 Å². The van der Waals surface area contributed by atoms with Gasteiger partial charge in [0, 0.05) is 6.42 Å². The van der Waals surface area contributed by atoms with Crippen molar-refractivity contribution in [3.05, 3.63) is 72.1 Å². The first-order valence-corrected chi connectivity index (χ1v) is 9.36. The molecule has 0 saturated carbocycles. The van der Waals surface area contributed by atoms with Crippen molar-refractivity contribution in [1.29, 1.82) is 0 Å². The van der Waals surface area contributed by atoms with E-state index >= 15 is 0 Å². The summed E-state index contributed by atoms with van der Waals surface area (Å²) in [6.07, 6.45) is 0.686. The van der Waals surface area contributed by atoms with Crippen LogP contribution in [0.15, 0.2) is 60.7 Å². The molecule has 0 bridgehead atoms. The predicted molar refractivity (Wildman–Crippen MR) is 110 cm³/mol. The first kappa shape index (κ1) is 18.7. The van der Waals surface area contributed by atoms with E-state index < -0.39 is 11.9 Å². The SMILES string of the molecule is CCc1nc2ccccc2n1CC(=O)Oc1cc2ccccc2cc1C(=O)OC. The number of carbonyl (C=O) groups is 2. The lowest BCUT2D eigenvalue weighted by atomic mass is 10.1. The summed E-state index contributed by atoms with van der Waals surface area (Å²) in [6.45, 7) is 1.98. The maximum atomic E-state index is 12.8. The summed E-state index contributed by atoms with van der Waals surface area (Å²) in [6, 6.07) is 18.6. The molecule has 1 aromatic heterocycles. The van der Waals surface area contributed by atoms with Gasteiger partial charge in [-0.05, 0) is 35.0 Å². The van der Waals surface area contributed by atoms with Crippen LogP contribution in [-0.4, -0.2) is 28.6 Å². The summed E-state index contributed by atoms with van der Waals surface area (Å²) in [5, 5.41) is 1.73. The fraction of sp³-hybridized carbons (Fsp3) is 0.174. The molecule has 4 aromatic rings. The van der Waals surface area contributed by atoms with Gasteiger partial charge < -0.3 is 14.0 Å². The van der Waals surface area contributed by atoms with E-state index in [2.05, 4.69) is 4.98 Å². The van der Waals surface area contributed by atoms with Crippen molar-refractivity contribution < 1.29 is 19.1 Å². The highest BCUT2D eigenvalue weighted by atomic mass is 16.5. The summed E-state index contributed by atoms with van der Waals surface area (Å²) in [7, 11) is 1.30. The van der Waals surface area contributed by atoms with Gasteiger partial charge in [-0.2, -0.15) is 0 Å². The molecule has 3 aromatic carbocycles. The molecule has 0 radical (unpaired) electrons. The van der Waals surface area contributed by atoms with Crippen LogP contribution in [0.1, 0.15) is 23.1 Å². The molecule has 0 atom stereocenters. The average molecular weight is 388 g/mol. The third kappa shape index (κ3) is 3.57. The van der Waals surface area contributed by atoms with Crippen LogP contribution in [0, 0.1) is 0 Å². The number of imidazole rings is 1. The number of carbonyl (C=O) groups excluding carboxylic acids is 2. The zero-order valence-corrected chi connectivity index (χ0v) is 16.2. The summed E-state index contributed by atoms with van der Waals surface area (Å²) in [5.74, 6) is -0.0537. The van der Waals surface area contributed by atoms with E-state index in [-0.39, 0.29) is 17.9 Å². The standard InChI is InChI=1S/C23H20N2O4/c1-3-21-24-18-10-6-7-11-19(18)25(21)14-22(26)29-20-13-16-9-5-4-8-15(16)12-17(20)23(27)28-2/h4-13H,3,14H2,1-2H3. The van der Waals surface area contributed by atoms with Crippen LogP contribution in [0.2, 0.25) is 0 Å². The van der Waals surface area contributed by atoms with Crippen molar-refractivity contribution in [2.75, 3.05) is 7.11 Å². The Kier molecular flexibility index (Phi) is 4.99. The summed E-state index contributed by atoms with van der Waals surface area (Å²) in [4.78, 5) is 29.6. The minimum atomic E-state index is -0.555. The third-order valence-corrected chi connectivity index (χ3v) is 4.81. The van der Waals surface area contributed by atoms with Crippen molar-refractivity contribution in [3.63, 3.8) is 0 Å². The Morgan fingerprint density at radius 1 is 1.00 bits per heavy atom. The number of ether oxygens (including phenoxy) is 2. The molecule has 0 amide bonds. The summed E-state index contributed by atoms with van der Waals surface area (Å²) < 4.78 is 12.3. The maximum absolute atomic E-state index is 12.8. The van der Waals surface area contributed by atoms with Crippen LogP contribution in [0.3, 0.4) is 0 Å². The predicted octanol–water partition coefficient (Wildman–Crippen LogP) is 4.14. The normalized spacial score (nSPS) is 11.0. The molecule has 0 saturated heterocycles. The summed E-state index contributed by atoms with van der Waals surface area (Å²) >= 11 is 0. The van der Waals surface area contributed by atoms with Gasteiger partial charge in [-0.15, -0.1) is 0 Å². The topological polar surface area (TPSA) is 70.4 Å². The number of nitrogens with zero attached hydrogens (tertiary/aromatic N) is 2. The molecule has 146 valence electrons. The molecule has 1 heterocycles. The average Bonchev–Trinajstić information content (AvgIpc) is 3.10. The molecule has 4 rings (SSSR count). The molecule has 0 unspecified atom stereocenters. The quantitative estimate of drug-likeness (QED) is 0.380. The largest absolute Gasteiger partial charge is 0.465 e. The Morgan fingerprint density at radius 2 is 1.69 bits per heavy atom. The van der Waals surface area contributed by atoms with Gasteiger partial charge in [-0.1, -0.05) is 43.3 Å². The number of aromatic nitrogens is 2. The van der Waals surface area contributed by atoms with Gasteiger partial charge in [0.2, 0.25) is 0 Å². The monoisotopic (exact) mass is 388 g/mol. The number of methoxy groups -OCH3 is 1. The molecule has 0 fully saturated rings. The lowest BCUT2D eigenvalue weighted by Gasteiger charge is -2.12. The van der Waals surface area contributed by atoms with Crippen LogP contribution >= 0.6 is 0 Å². The Bertz CT molecular complexity index is 1230. The van der Waals surface area contributed by atoms with Crippen LogP contribution in [-0.2, 0) is 22.5 Å². The number of esters is 2. The highest BCUT2D eigenvalue weighted by Crippen LogP contribution is 2.27. The number of rotatable bonds is 5. The molecule has 6 heteroatoms. The van der Waals surface area contributed by atoms with Crippen molar-refractivity contribution >= 4 is 33.7 Å². The Hall–Kier alpha value is -3.67. The smallest absolute Gasteiger partial charge is 0.341 e. The van der Waals surface area contributed by atoms with E-state index in [0.717, 1.165) is 27.6 Å². The number of hydrogen-bond acceptors (Lipinski definition) is 5. The molecule has 6 nitrogen and oxygen atoms in total. The minimum Gasteiger partial charge on any atom is -0.465 e. The van der Waals surface area contributed by atoms with E-state index in [4.69, 9.17) is 9.47 Å². The summed E-state index contributed by atoms with van der Waals surface area (Å²) in [5.41, 5.74) is 1.91. The molecule has 0 aliphatic rings. The van der Waals surface area contributed by atoms with Gasteiger partial charge in [0.1, 0.15) is 23.7 Å². The van der Waals surface area contributed by atoms with Crippen molar-refractivity contribution in [2.45, 2.75) is 19.9 Å². The van der Waals surface area contributed by atoms with Crippen LogP contribution in [0.25, 0.3) is 21.8 Å². The third-order valence-electron chi connectivity index (χ3n) is 4.81. The molecule has 29 heavy (non-hydrogen) atoms. The second-order valence-corrected chi connectivity index (χ2v) is 6.62. The van der Waals surface area contributed by atoms with E-state index in [9.17, 15) is 9.59 Å². The number of benzene rings is 3. The lowest BCUT2D eigenvalue weighted by Crippen LogP contribution is -2.19. The highest BCUT2D eigenvalue weighted by molar-refractivity contribution is 5.99. The first-order chi connectivity index (χ1) is 14.1.